The third-order valence-corrected chi connectivity index (χ3v) is 13.1. The molecule has 0 saturated heterocycles. The fourth-order valence-electron chi connectivity index (χ4n) is 10.2. The zero-order valence-electron chi connectivity index (χ0n) is 35.9. The van der Waals surface area contributed by atoms with E-state index in [0.717, 1.165) is 72.8 Å². The van der Waals surface area contributed by atoms with E-state index in [-0.39, 0.29) is 0 Å². The summed E-state index contributed by atoms with van der Waals surface area (Å²) >= 11 is 0. The molecule has 0 unspecified atom stereocenters. The summed E-state index contributed by atoms with van der Waals surface area (Å²) in [5, 5.41) is 9.49. The zero-order valence-corrected chi connectivity index (χ0v) is 35.9. The van der Waals surface area contributed by atoms with Gasteiger partial charge in [0.2, 0.25) is 0 Å². The van der Waals surface area contributed by atoms with Gasteiger partial charge in [0, 0.05) is 61.4 Å². The van der Waals surface area contributed by atoms with E-state index in [9.17, 15) is 0 Å². The van der Waals surface area contributed by atoms with Gasteiger partial charge in [-0.3, -0.25) is 0 Å². The second-order valence-corrected chi connectivity index (χ2v) is 16.9. The van der Waals surface area contributed by atoms with Gasteiger partial charge in [-0.05, 0) is 136 Å². The Morgan fingerprint density at radius 2 is 0.818 bits per heavy atom. The molecule has 0 amide bonds. The predicted octanol–water partition coefficient (Wildman–Crippen LogP) is 17.6. The second-order valence-electron chi connectivity index (χ2n) is 16.9. The first-order chi connectivity index (χ1) is 32.7. The minimum atomic E-state index is 0.864. The first kappa shape index (κ1) is 37.7. The highest BCUT2D eigenvalue weighted by Gasteiger charge is 2.23. The molecular weight excluding hydrogens is 803 g/mol. The Balaban J connectivity index is 1.11. The van der Waals surface area contributed by atoms with Gasteiger partial charge in [0.1, 0.15) is 11.2 Å². The largest absolute Gasteiger partial charge is 0.456 e. The smallest absolute Gasteiger partial charge is 0.135 e. The van der Waals surface area contributed by atoms with Crippen LogP contribution in [0.3, 0.4) is 0 Å². The summed E-state index contributed by atoms with van der Waals surface area (Å²) in [6.45, 7) is 0. The van der Waals surface area contributed by atoms with Crippen LogP contribution < -0.4 is 9.80 Å². The van der Waals surface area contributed by atoms with Crippen LogP contribution in [0.2, 0.25) is 0 Å². The molecule has 0 saturated carbocycles. The quantitative estimate of drug-likeness (QED) is 0.142. The summed E-state index contributed by atoms with van der Waals surface area (Å²) < 4.78 is 8.76. The van der Waals surface area contributed by atoms with Gasteiger partial charge in [0.25, 0.3) is 0 Å². The molecule has 0 N–H and O–H groups in total. The van der Waals surface area contributed by atoms with Crippen molar-refractivity contribution in [3.05, 3.63) is 249 Å². The number of rotatable bonds is 8. The van der Waals surface area contributed by atoms with Crippen molar-refractivity contribution in [2.45, 2.75) is 0 Å². The molecule has 0 aliphatic carbocycles. The fourth-order valence-corrected chi connectivity index (χ4v) is 10.2. The summed E-state index contributed by atoms with van der Waals surface area (Å²) in [4.78, 5) is 4.80. The lowest BCUT2D eigenvalue weighted by Gasteiger charge is -2.30. The van der Waals surface area contributed by atoms with Crippen LogP contribution in [-0.2, 0) is 0 Å². The molecule has 0 bridgehead atoms. The lowest BCUT2D eigenvalue weighted by Crippen LogP contribution is -2.13. The van der Waals surface area contributed by atoms with Gasteiger partial charge < -0.3 is 18.8 Å². The van der Waals surface area contributed by atoms with E-state index < -0.39 is 0 Å². The van der Waals surface area contributed by atoms with Gasteiger partial charge in [0.05, 0.1) is 11.0 Å². The van der Waals surface area contributed by atoms with Crippen LogP contribution in [0, 0.1) is 0 Å². The van der Waals surface area contributed by atoms with Crippen molar-refractivity contribution in [1.29, 1.82) is 0 Å². The molecule has 4 nitrogen and oxygen atoms in total. The number of hydrogen-bond donors (Lipinski definition) is 0. The number of benzene rings is 11. The molecule has 13 aromatic rings. The Morgan fingerprint density at radius 3 is 1.55 bits per heavy atom. The molecule has 310 valence electrons. The minimum absolute atomic E-state index is 0.864. The molecule has 0 aliphatic rings. The standard InChI is InChI=1S/C62H41N3O/c1-4-19-44(20-5-1)63(47-33-35-62-58(40-47)56-29-15-17-31-61(56)66-62)49-36-43(57-38-42-18-10-11-25-51(42)52-26-12-13-27-53(52)57)37-50(39-49)64(45-21-6-2-7-22-45)48-32-34-55-54-28-14-16-30-59(54)65(60(55)41-48)46-23-8-3-9-24-46/h1-41H. The van der Waals surface area contributed by atoms with Gasteiger partial charge in [0.15, 0.2) is 0 Å². The molecule has 0 spiro atoms. The third-order valence-electron chi connectivity index (χ3n) is 13.1. The Kier molecular flexibility index (Phi) is 8.81. The Hall–Kier alpha value is -8.86. The molecular formula is C62H41N3O. The first-order valence-corrected chi connectivity index (χ1v) is 22.5. The molecule has 2 heterocycles. The number of hydrogen-bond acceptors (Lipinski definition) is 3. The Bertz CT molecular complexity index is 3950. The summed E-state index contributed by atoms with van der Waals surface area (Å²) in [5.74, 6) is 0. The molecule has 11 aromatic carbocycles. The van der Waals surface area contributed by atoms with Crippen LogP contribution in [-0.4, -0.2) is 4.57 Å². The van der Waals surface area contributed by atoms with Crippen LogP contribution in [0.25, 0.3) is 82.1 Å². The fraction of sp³-hybridized carbons (Fsp3) is 0. The topological polar surface area (TPSA) is 24.6 Å². The molecule has 0 fully saturated rings. The highest BCUT2D eigenvalue weighted by Crippen LogP contribution is 2.47. The zero-order chi connectivity index (χ0) is 43.6. The van der Waals surface area contributed by atoms with Gasteiger partial charge in [-0.25, -0.2) is 0 Å². The van der Waals surface area contributed by atoms with E-state index in [4.69, 9.17) is 4.42 Å². The molecule has 4 heteroatoms. The lowest BCUT2D eigenvalue weighted by molar-refractivity contribution is 0.669. The van der Waals surface area contributed by atoms with E-state index in [1.165, 1.54) is 43.4 Å². The predicted molar refractivity (Wildman–Crippen MR) is 278 cm³/mol. The Morgan fingerprint density at radius 1 is 0.288 bits per heavy atom. The molecule has 0 aliphatic heterocycles. The number of furan rings is 1. The first-order valence-electron chi connectivity index (χ1n) is 22.5. The average molecular weight is 844 g/mol. The summed E-state index contributed by atoms with van der Waals surface area (Å²) in [7, 11) is 0. The summed E-state index contributed by atoms with van der Waals surface area (Å²) in [6, 6.07) is 89.7. The van der Waals surface area contributed by atoms with E-state index in [1.807, 2.05) is 12.1 Å². The van der Waals surface area contributed by atoms with Crippen molar-refractivity contribution in [3.8, 4) is 16.8 Å². The van der Waals surface area contributed by atoms with E-state index >= 15 is 0 Å². The number of aromatic nitrogens is 1. The van der Waals surface area contributed by atoms with Crippen LogP contribution in [0.5, 0.6) is 0 Å². The average Bonchev–Trinajstić information content (AvgIpc) is 3.92. The van der Waals surface area contributed by atoms with Gasteiger partial charge >= 0.3 is 0 Å². The normalized spacial score (nSPS) is 11.6. The van der Waals surface area contributed by atoms with Gasteiger partial charge in [-0.2, -0.15) is 0 Å². The summed E-state index contributed by atoms with van der Waals surface area (Å²) in [5.41, 5.74) is 13.7. The van der Waals surface area contributed by atoms with Gasteiger partial charge in [-0.15, -0.1) is 0 Å². The molecule has 13 rings (SSSR count). The van der Waals surface area contributed by atoms with Crippen molar-refractivity contribution in [2.24, 2.45) is 0 Å². The van der Waals surface area contributed by atoms with Crippen LogP contribution >= 0.6 is 0 Å². The van der Waals surface area contributed by atoms with Crippen LogP contribution in [0.15, 0.2) is 253 Å². The van der Waals surface area contributed by atoms with Gasteiger partial charge in [-0.1, -0.05) is 146 Å². The maximum atomic E-state index is 6.36. The lowest BCUT2D eigenvalue weighted by atomic mass is 9.92. The van der Waals surface area contributed by atoms with Crippen molar-refractivity contribution in [1.82, 2.24) is 4.57 Å². The molecule has 66 heavy (non-hydrogen) atoms. The van der Waals surface area contributed by atoms with E-state index in [2.05, 4.69) is 251 Å². The van der Waals surface area contributed by atoms with Crippen molar-refractivity contribution in [2.75, 3.05) is 9.80 Å². The SMILES string of the molecule is c1ccc(N(c2cc(-c3cc4ccccc4c4ccccc34)cc(N(c3ccccc3)c3ccc4c5ccccc5n(-c5ccccc5)c4c3)c2)c2ccc3oc4ccccc4c3c2)cc1. The molecule has 0 radical (unpaired) electrons. The van der Waals surface area contributed by atoms with E-state index in [0.29, 0.717) is 0 Å². The second kappa shape index (κ2) is 15.4. The maximum Gasteiger partial charge on any atom is 0.135 e. The van der Waals surface area contributed by atoms with Crippen molar-refractivity contribution in [3.63, 3.8) is 0 Å². The monoisotopic (exact) mass is 843 g/mol. The third kappa shape index (κ3) is 6.22. The molecule has 2 aromatic heterocycles. The highest BCUT2D eigenvalue weighted by molar-refractivity contribution is 6.15. The molecule has 0 atom stereocenters. The van der Waals surface area contributed by atoms with Crippen LogP contribution in [0.4, 0.5) is 34.1 Å². The van der Waals surface area contributed by atoms with Crippen molar-refractivity contribution >= 4 is 99.4 Å². The number of para-hydroxylation sites is 5. The highest BCUT2D eigenvalue weighted by atomic mass is 16.3. The van der Waals surface area contributed by atoms with Crippen molar-refractivity contribution < 1.29 is 4.42 Å². The Labute approximate surface area is 382 Å². The number of fused-ring (bicyclic) bond motifs is 9. The van der Waals surface area contributed by atoms with Crippen LogP contribution in [0.1, 0.15) is 0 Å². The minimum Gasteiger partial charge on any atom is -0.456 e. The maximum absolute atomic E-state index is 6.36. The summed E-state index contributed by atoms with van der Waals surface area (Å²) in [6.07, 6.45) is 0. The number of anilines is 6. The van der Waals surface area contributed by atoms with E-state index in [1.54, 1.807) is 0 Å². The number of nitrogens with zero attached hydrogens (tertiary/aromatic N) is 3.